The molecule has 0 aliphatic heterocycles. The second kappa shape index (κ2) is 7.46. The number of ketones is 1. The van der Waals surface area contributed by atoms with Crippen molar-refractivity contribution < 1.29 is 9.18 Å². The number of aryl methyl sites for hydroxylation is 1. The predicted octanol–water partition coefficient (Wildman–Crippen LogP) is 5.86. The van der Waals surface area contributed by atoms with Crippen molar-refractivity contribution in [3.8, 4) is 5.69 Å². The van der Waals surface area contributed by atoms with E-state index in [4.69, 9.17) is 11.6 Å². The van der Waals surface area contributed by atoms with Crippen LogP contribution in [-0.2, 0) is 0 Å². The van der Waals surface area contributed by atoms with Crippen molar-refractivity contribution in [3.63, 3.8) is 0 Å². The van der Waals surface area contributed by atoms with Gasteiger partial charge in [0.25, 0.3) is 0 Å². The number of hydrogen-bond acceptors (Lipinski definition) is 2. The van der Waals surface area contributed by atoms with Gasteiger partial charge in [-0.2, -0.15) is 0 Å². The molecule has 1 aromatic heterocycles. The fourth-order valence-corrected chi connectivity index (χ4v) is 3.70. The molecule has 0 saturated carbocycles. The zero-order valence-corrected chi connectivity index (χ0v) is 15.5. The number of rotatable bonds is 5. The number of aromatic nitrogens is 1. The number of hydrogen-bond donors (Lipinski definition) is 0. The summed E-state index contributed by atoms with van der Waals surface area (Å²) in [6, 6.07) is 15.6. The van der Waals surface area contributed by atoms with Crippen LogP contribution in [0.3, 0.4) is 0 Å². The first-order chi connectivity index (χ1) is 12.0. The summed E-state index contributed by atoms with van der Waals surface area (Å²) in [4.78, 5) is 13.6. The average molecular weight is 374 g/mol. The van der Waals surface area contributed by atoms with Gasteiger partial charge in [0.2, 0.25) is 0 Å². The third-order valence-corrected chi connectivity index (χ3v) is 5.26. The van der Waals surface area contributed by atoms with Crippen molar-refractivity contribution in [2.75, 3.05) is 5.75 Å². The summed E-state index contributed by atoms with van der Waals surface area (Å²) in [6.45, 7) is 3.86. The maximum atomic E-state index is 13.1. The van der Waals surface area contributed by atoms with E-state index in [-0.39, 0.29) is 11.6 Å². The Balaban J connectivity index is 1.80. The highest BCUT2D eigenvalue weighted by atomic mass is 35.5. The third kappa shape index (κ3) is 3.97. The lowest BCUT2D eigenvalue weighted by Gasteiger charge is -2.09. The van der Waals surface area contributed by atoms with E-state index in [0.29, 0.717) is 16.3 Å². The average Bonchev–Trinajstić information content (AvgIpc) is 2.90. The highest BCUT2D eigenvalue weighted by Gasteiger charge is 2.17. The second-order valence-corrected chi connectivity index (χ2v) is 7.25. The SMILES string of the molecule is Cc1cc(C(=O)CSc2ccc(Cl)cc2)c(C)n1-c1ccc(F)cc1. The summed E-state index contributed by atoms with van der Waals surface area (Å²) < 4.78 is 15.1. The number of halogens is 2. The van der Waals surface area contributed by atoms with E-state index in [0.717, 1.165) is 22.0 Å². The van der Waals surface area contributed by atoms with Crippen LogP contribution in [0.2, 0.25) is 5.02 Å². The first-order valence-electron chi connectivity index (χ1n) is 7.82. The summed E-state index contributed by atoms with van der Waals surface area (Å²) in [6.07, 6.45) is 0. The van der Waals surface area contributed by atoms with E-state index in [1.165, 1.54) is 23.9 Å². The molecule has 0 unspecified atom stereocenters. The van der Waals surface area contributed by atoms with Crippen LogP contribution in [0.1, 0.15) is 21.7 Å². The minimum Gasteiger partial charge on any atom is -0.318 e. The van der Waals surface area contributed by atoms with Gasteiger partial charge < -0.3 is 4.57 Å². The normalized spacial score (nSPS) is 10.9. The number of benzene rings is 2. The minimum absolute atomic E-state index is 0.0708. The molecule has 1 heterocycles. The summed E-state index contributed by atoms with van der Waals surface area (Å²) in [7, 11) is 0. The van der Waals surface area contributed by atoms with Crippen molar-refractivity contribution in [2.24, 2.45) is 0 Å². The molecule has 2 nitrogen and oxygen atoms in total. The molecule has 0 aliphatic carbocycles. The Kier molecular flexibility index (Phi) is 5.30. The molecular formula is C20H17ClFNOS. The topological polar surface area (TPSA) is 22.0 Å². The Hall–Kier alpha value is -2.04. The van der Waals surface area contributed by atoms with Gasteiger partial charge >= 0.3 is 0 Å². The van der Waals surface area contributed by atoms with Crippen molar-refractivity contribution in [3.05, 3.63) is 82.4 Å². The first-order valence-corrected chi connectivity index (χ1v) is 9.18. The summed E-state index contributed by atoms with van der Waals surface area (Å²) in [5, 5.41) is 0.679. The fourth-order valence-electron chi connectivity index (χ4n) is 2.79. The Bertz CT molecular complexity index is 901. The van der Waals surface area contributed by atoms with Crippen LogP contribution in [-0.4, -0.2) is 16.1 Å². The quantitative estimate of drug-likeness (QED) is 0.412. The Labute approximate surface area is 155 Å². The Morgan fingerprint density at radius 2 is 1.72 bits per heavy atom. The van der Waals surface area contributed by atoms with Gasteiger partial charge in [-0.3, -0.25) is 4.79 Å². The molecule has 25 heavy (non-hydrogen) atoms. The maximum absolute atomic E-state index is 13.1. The zero-order chi connectivity index (χ0) is 18.0. The molecule has 0 aliphatic rings. The highest BCUT2D eigenvalue weighted by Crippen LogP contribution is 2.25. The zero-order valence-electron chi connectivity index (χ0n) is 13.9. The molecule has 0 spiro atoms. The molecule has 2 aromatic carbocycles. The lowest BCUT2D eigenvalue weighted by Crippen LogP contribution is -2.05. The molecule has 3 aromatic rings. The Morgan fingerprint density at radius 1 is 1.08 bits per heavy atom. The van der Waals surface area contributed by atoms with Crippen LogP contribution < -0.4 is 0 Å². The largest absolute Gasteiger partial charge is 0.318 e. The van der Waals surface area contributed by atoms with Gasteiger partial charge in [-0.05, 0) is 68.4 Å². The molecule has 0 bridgehead atoms. The van der Waals surface area contributed by atoms with E-state index >= 15 is 0 Å². The van der Waals surface area contributed by atoms with Gasteiger partial charge in [-0.25, -0.2) is 4.39 Å². The molecule has 5 heteroatoms. The third-order valence-electron chi connectivity index (χ3n) is 4.00. The van der Waals surface area contributed by atoms with Gasteiger partial charge in [0.1, 0.15) is 5.82 Å². The van der Waals surface area contributed by atoms with Crippen molar-refractivity contribution in [1.82, 2.24) is 4.57 Å². The van der Waals surface area contributed by atoms with Gasteiger partial charge in [0.05, 0.1) is 5.75 Å². The molecule has 0 radical (unpaired) electrons. The predicted molar refractivity (Wildman–Crippen MR) is 102 cm³/mol. The lowest BCUT2D eigenvalue weighted by molar-refractivity contribution is 0.102. The Morgan fingerprint density at radius 3 is 2.36 bits per heavy atom. The molecule has 128 valence electrons. The summed E-state index contributed by atoms with van der Waals surface area (Å²) in [5.74, 6) is 0.151. The van der Waals surface area contributed by atoms with E-state index < -0.39 is 0 Å². The van der Waals surface area contributed by atoms with Crippen LogP contribution in [0.15, 0.2) is 59.5 Å². The second-order valence-electron chi connectivity index (χ2n) is 5.76. The van der Waals surface area contributed by atoms with Gasteiger partial charge in [0.15, 0.2) is 5.78 Å². The van der Waals surface area contributed by atoms with Crippen molar-refractivity contribution in [1.29, 1.82) is 0 Å². The van der Waals surface area contributed by atoms with Gasteiger partial charge in [-0.15, -0.1) is 11.8 Å². The molecule has 0 atom stereocenters. The van der Waals surface area contributed by atoms with E-state index in [9.17, 15) is 9.18 Å². The van der Waals surface area contributed by atoms with Crippen LogP contribution >= 0.6 is 23.4 Å². The molecule has 3 rings (SSSR count). The smallest absolute Gasteiger partial charge is 0.174 e. The monoisotopic (exact) mass is 373 g/mol. The number of Topliss-reactive ketones (excluding diaryl/α,β-unsaturated/α-hetero) is 1. The number of carbonyl (C=O) groups is 1. The van der Waals surface area contributed by atoms with Crippen LogP contribution in [0.5, 0.6) is 0 Å². The molecular weight excluding hydrogens is 357 g/mol. The van der Waals surface area contributed by atoms with Gasteiger partial charge in [0, 0.05) is 32.6 Å². The molecule has 0 N–H and O–H groups in total. The molecule has 0 saturated heterocycles. The maximum Gasteiger partial charge on any atom is 0.174 e. The minimum atomic E-state index is -0.276. The number of carbonyl (C=O) groups excluding carboxylic acids is 1. The standard InChI is InChI=1S/C20H17ClFNOS/c1-13-11-19(14(2)23(13)17-7-5-16(22)6-8-17)20(24)12-25-18-9-3-15(21)4-10-18/h3-11H,12H2,1-2H3. The first kappa shape index (κ1) is 17.8. The van der Waals surface area contributed by atoms with Crippen LogP contribution in [0.25, 0.3) is 5.69 Å². The number of thioether (sulfide) groups is 1. The van der Waals surface area contributed by atoms with E-state index in [1.54, 1.807) is 12.1 Å². The summed E-state index contributed by atoms with van der Waals surface area (Å²) in [5.41, 5.74) is 3.36. The van der Waals surface area contributed by atoms with Crippen LogP contribution in [0, 0.1) is 19.7 Å². The fraction of sp³-hybridized carbons (Fsp3) is 0.150. The summed E-state index contributed by atoms with van der Waals surface area (Å²) >= 11 is 7.36. The van der Waals surface area contributed by atoms with Crippen LogP contribution in [0.4, 0.5) is 4.39 Å². The highest BCUT2D eigenvalue weighted by molar-refractivity contribution is 8.00. The van der Waals surface area contributed by atoms with Crippen molar-refractivity contribution >= 4 is 29.1 Å². The molecule has 0 amide bonds. The van der Waals surface area contributed by atoms with Gasteiger partial charge in [-0.1, -0.05) is 11.6 Å². The van der Waals surface area contributed by atoms with Crippen molar-refractivity contribution in [2.45, 2.75) is 18.7 Å². The van der Waals surface area contributed by atoms with E-state index in [2.05, 4.69) is 0 Å². The van der Waals surface area contributed by atoms with E-state index in [1.807, 2.05) is 48.7 Å². The number of nitrogens with zero attached hydrogens (tertiary/aromatic N) is 1. The molecule has 0 fully saturated rings. The lowest BCUT2D eigenvalue weighted by atomic mass is 10.2.